The maximum atomic E-state index is 5.78. The molecule has 0 radical (unpaired) electrons. The third-order valence-electron chi connectivity index (χ3n) is 4.92. The van der Waals surface area contributed by atoms with Crippen LogP contribution in [0.1, 0.15) is 0 Å². The van der Waals surface area contributed by atoms with Crippen molar-refractivity contribution >= 4 is 15.9 Å². The standard InChI is InChI=1S/C22H21BrN2O4/c1-25-21(14-2-5-16(6-3-14)26-10-17-11-27-17)9-20(24-25)15-4-7-22(19(23)8-15)29-13-18-12-28-18/h2-9,17-18H,10-13H2,1H3. The molecular weight excluding hydrogens is 436 g/mol. The quantitative estimate of drug-likeness (QED) is 0.478. The average Bonchev–Trinajstić information content (AvgIpc) is 3.65. The van der Waals surface area contributed by atoms with Crippen molar-refractivity contribution in [2.75, 3.05) is 26.4 Å². The topological polar surface area (TPSA) is 61.3 Å². The predicted molar refractivity (Wildman–Crippen MR) is 112 cm³/mol. The van der Waals surface area contributed by atoms with E-state index >= 15 is 0 Å². The molecule has 2 aliphatic rings. The van der Waals surface area contributed by atoms with Gasteiger partial charge in [0.05, 0.1) is 29.1 Å². The van der Waals surface area contributed by atoms with Crippen LogP contribution in [0.2, 0.25) is 0 Å². The van der Waals surface area contributed by atoms with Gasteiger partial charge in [0.25, 0.3) is 0 Å². The van der Waals surface area contributed by atoms with Crippen molar-refractivity contribution in [2.24, 2.45) is 7.05 Å². The summed E-state index contributed by atoms with van der Waals surface area (Å²) in [6.07, 6.45) is 0.492. The first-order valence-corrected chi connectivity index (χ1v) is 10.4. The largest absolute Gasteiger partial charge is 0.491 e. The maximum absolute atomic E-state index is 5.78. The fourth-order valence-corrected chi connectivity index (χ4v) is 3.57. The molecule has 2 fully saturated rings. The van der Waals surface area contributed by atoms with E-state index in [1.165, 1.54) is 0 Å². The number of hydrogen-bond acceptors (Lipinski definition) is 5. The molecule has 2 saturated heterocycles. The Labute approximate surface area is 177 Å². The summed E-state index contributed by atoms with van der Waals surface area (Å²) in [5.74, 6) is 1.66. The lowest BCUT2D eigenvalue weighted by Gasteiger charge is -2.07. The van der Waals surface area contributed by atoms with Gasteiger partial charge in [0.2, 0.25) is 0 Å². The Morgan fingerprint density at radius 3 is 2.28 bits per heavy atom. The van der Waals surface area contributed by atoms with E-state index in [9.17, 15) is 0 Å². The maximum Gasteiger partial charge on any atom is 0.133 e. The smallest absolute Gasteiger partial charge is 0.133 e. The summed E-state index contributed by atoms with van der Waals surface area (Å²) in [6.45, 7) is 2.78. The summed E-state index contributed by atoms with van der Waals surface area (Å²) < 4.78 is 24.7. The Morgan fingerprint density at radius 1 is 0.966 bits per heavy atom. The van der Waals surface area contributed by atoms with Crippen LogP contribution in [-0.2, 0) is 16.5 Å². The molecule has 150 valence electrons. The molecule has 7 heteroatoms. The second-order valence-corrected chi connectivity index (χ2v) is 8.10. The Morgan fingerprint density at radius 2 is 1.62 bits per heavy atom. The number of rotatable bonds is 8. The Hall–Kier alpha value is -2.35. The van der Waals surface area contributed by atoms with Gasteiger partial charge >= 0.3 is 0 Å². The highest BCUT2D eigenvalue weighted by atomic mass is 79.9. The molecule has 6 nitrogen and oxygen atoms in total. The molecule has 5 rings (SSSR count). The summed E-state index contributed by atoms with van der Waals surface area (Å²) in [4.78, 5) is 0. The monoisotopic (exact) mass is 456 g/mol. The van der Waals surface area contributed by atoms with Crippen molar-refractivity contribution in [1.29, 1.82) is 0 Å². The van der Waals surface area contributed by atoms with Gasteiger partial charge in [0.15, 0.2) is 0 Å². The zero-order valence-corrected chi connectivity index (χ0v) is 17.6. The van der Waals surface area contributed by atoms with Crippen molar-refractivity contribution < 1.29 is 18.9 Å². The molecule has 3 heterocycles. The van der Waals surface area contributed by atoms with Gasteiger partial charge in [0.1, 0.15) is 36.9 Å². The molecule has 3 aromatic rings. The highest BCUT2D eigenvalue weighted by Gasteiger charge is 2.24. The van der Waals surface area contributed by atoms with Crippen LogP contribution in [0, 0.1) is 0 Å². The van der Waals surface area contributed by atoms with E-state index in [4.69, 9.17) is 18.9 Å². The second kappa shape index (κ2) is 7.82. The molecule has 0 spiro atoms. The van der Waals surface area contributed by atoms with Gasteiger partial charge in [-0.25, -0.2) is 0 Å². The lowest BCUT2D eigenvalue weighted by atomic mass is 10.1. The molecule has 0 aliphatic carbocycles. The highest BCUT2D eigenvalue weighted by Crippen LogP contribution is 2.33. The molecule has 0 amide bonds. The van der Waals surface area contributed by atoms with E-state index in [-0.39, 0.29) is 12.2 Å². The van der Waals surface area contributed by atoms with Crippen LogP contribution < -0.4 is 9.47 Å². The van der Waals surface area contributed by atoms with Gasteiger partial charge in [-0.05, 0) is 64.5 Å². The van der Waals surface area contributed by atoms with E-state index in [0.717, 1.165) is 51.7 Å². The highest BCUT2D eigenvalue weighted by molar-refractivity contribution is 9.10. The minimum Gasteiger partial charge on any atom is -0.491 e. The molecular formula is C22H21BrN2O4. The lowest BCUT2D eigenvalue weighted by Crippen LogP contribution is -2.04. The van der Waals surface area contributed by atoms with Crippen molar-refractivity contribution in [1.82, 2.24) is 9.78 Å². The minimum absolute atomic E-state index is 0.235. The third-order valence-corrected chi connectivity index (χ3v) is 5.54. The summed E-state index contributed by atoms with van der Waals surface area (Å²) >= 11 is 3.60. The zero-order valence-electron chi connectivity index (χ0n) is 16.0. The van der Waals surface area contributed by atoms with Crippen LogP contribution >= 0.6 is 15.9 Å². The van der Waals surface area contributed by atoms with Crippen molar-refractivity contribution in [3.63, 3.8) is 0 Å². The fraction of sp³-hybridized carbons (Fsp3) is 0.318. The van der Waals surface area contributed by atoms with E-state index in [1.807, 2.05) is 42.1 Å². The summed E-state index contributed by atoms with van der Waals surface area (Å²) in [5, 5.41) is 4.69. The number of ether oxygens (including phenoxy) is 4. The van der Waals surface area contributed by atoms with Crippen molar-refractivity contribution in [3.05, 3.63) is 53.0 Å². The Bertz CT molecular complexity index is 1010. The number of epoxide rings is 2. The van der Waals surface area contributed by atoms with Crippen LogP contribution in [0.15, 0.2) is 53.0 Å². The van der Waals surface area contributed by atoms with Gasteiger partial charge in [-0.15, -0.1) is 0 Å². The van der Waals surface area contributed by atoms with Gasteiger partial charge in [-0.2, -0.15) is 5.10 Å². The molecule has 0 bridgehead atoms. The number of nitrogens with zero attached hydrogens (tertiary/aromatic N) is 2. The van der Waals surface area contributed by atoms with Gasteiger partial charge in [0, 0.05) is 18.2 Å². The van der Waals surface area contributed by atoms with Gasteiger partial charge < -0.3 is 18.9 Å². The number of aryl methyl sites for hydroxylation is 1. The van der Waals surface area contributed by atoms with E-state index in [0.29, 0.717) is 13.2 Å². The normalized spacial score (nSPS) is 19.8. The van der Waals surface area contributed by atoms with Gasteiger partial charge in [-0.3, -0.25) is 4.68 Å². The van der Waals surface area contributed by atoms with Crippen LogP contribution in [0.5, 0.6) is 11.5 Å². The molecule has 2 atom stereocenters. The van der Waals surface area contributed by atoms with Crippen molar-refractivity contribution in [3.8, 4) is 34.0 Å². The first-order valence-electron chi connectivity index (χ1n) is 9.59. The first kappa shape index (κ1) is 18.7. The van der Waals surface area contributed by atoms with Gasteiger partial charge in [-0.1, -0.05) is 0 Å². The fourth-order valence-electron chi connectivity index (χ4n) is 3.08. The SMILES string of the molecule is Cn1nc(-c2ccc(OCC3CO3)c(Br)c2)cc1-c1ccc(OCC2CO2)cc1. The van der Waals surface area contributed by atoms with Crippen LogP contribution in [0.4, 0.5) is 0 Å². The molecule has 2 aromatic carbocycles. The van der Waals surface area contributed by atoms with Crippen LogP contribution in [0.25, 0.3) is 22.5 Å². The summed E-state index contributed by atoms with van der Waals surface area (Å²) in [5.41, 5.74) is 4.06. The molecule has 2 unspecified atom stereocenters. The van der Waals surface area contributed by atoms with E-state index in [2.05, 4.69) is 39.2 Å². The predicted octanol–water partition coefficient (Wildman–Crippen LogP) is 4.07. The minimum atomic E-state index is 0.235. The molecule has 0 saturated carbocycles. The Kier molecular flexibility index (Phi) is 5.03. The number of aromatic nitrogens is 2. The Balaban J connectivity index is 1.32. The van der Waals surface area contributed by atoms with Crippen LogP contribution in [0.3, 0.4) is 0 Å². The second-order valence-electron chi connectivity index (χ2n) is 7.24. The molecule has 2 aliphatic heterocycles. The van der Waals surface area contributed by atoms with E-state index < -0.39 is 0 Å². The molecule has 29 heavy (non-hydrogen) atoms. The molecule has 1 aromatic heterocycles. The molecule has 0 N–H and O–H groups in total. The number of halogens is 1. The zero-order chi connectivity index (χ0) is 19.8. The first-order chi connectivity index (χ1) is 14.2. The summed E-state index contributed by atoms with van der Waals surface area (Å²) in [7, 11) is 1.95. The third kappa shape index (κ3) is 4.47. The number of hydrogen-bond donors (Lipinski definition) is 0. The average molecular weight is 457 g/mol. The van der Waals surface area contributed by atoms with Crippen molar-refractivity contribution in [2.45, 2.75) is 12.2 Å². The number of benzene rings is 2. The van der Waals surface area contributed by atoms with Crippen LogP contribution in [-0.4, -0.2) is 48.4 Å². The lowest BCUT2D eigenvalue weighted by molar-refractivity contribution is 0.262. The summed E-state index contributed by atoms with van der Waals surface area (Å²) in [6, 6.07) is 16.2. The van der Waals surface area contributed by atoms with E-state index in [1.54, 1.807) is 0 Å².